The first-order valence-electron chi connectivity index (χ1n) is 10.0. The predicted molar refractivity (Wildman–Crippen MR) is 102 cm³/mol. The van der Waals surface area contributed by atoms with Crippen LogP contribution in [-0.4, -0.2) is 59.7 Å². The first-order chi connectivity index (χ1) is 13.7. The van der Waals surface area contributed by atoms with E-state index < -0.39 is 35.5 Å². The van der Waals surface area contributed by atoms with Gasteiger partial charge in [-0.2, -0.15) is 0 Å². The summed E-state index contributed by atoms with van der Waals surface area (Å²) in [6.45, 7) is 6.75. The van der Waals surface area contributed by atoms with Crippen molar-refractivity contribution in [1.29, 1.82) is 0 Å². The molecule has 2 fully saturated rings. The SMILES string of the molecule is CC(C)(C)OC(=O)N1CCCCC1C(=O)N1CCOC(c2ccc(F)c(F)c2)C1. The van der Waals surface area contributed by atoms with E-state index in [1.807, 2.05) is 0 Å². The van der Waals surface area contributed by atoms with Crippen molar-refractivity contribution in [2.24, 2.45) is 0 Å². The number of piperidine rings is 1. The van der Waals surface area contributed by atoms with Crippen molar-refractivity contribution < 1.29 is 27.8 Å². The Morgan fingerprint density at radius 3 is 2.59 bits per heavy atom. The van der Waals surface area contributed by atoms with Crippen molar-refractivity contribution in [3.63, 3.8) is 0 Å². The van der Waals surface area contributed by atoms with E-state index in [0.717, 1.165) is 25.0 Å². The van der Waals surface area contributed by atoms with E-state index in [-0.39, 0.29) is 19.1 Å². The normalized spacial score (nSPS) is 23.1. The average molecular weight is 410 g/mol. The molecule has 0 radical (unpaired) electrons. The number of likely N-dealkylation sites (tertiary alicyclic amines) is 1. The average Bonchev–Trinajstić information content (AvgIpc) is 2.68. The van der Waals surface area contributed by atoms with Crippen LogP contribution < -0.4 is 0 Å². The van der Waals surface area contributed by atoms with Gasteiger partial charge in [0.2, 0.25) is 5.91 Å². The second-order valence-corrected chi connectivity index (χ2v) is 8.50. The highest BCUT2D eigenvalue weighted by atomic mass is 19.2. The largest absolute Gasteiger partial charge is 0.444 e. The molecule has 0 aromatic heterocycles. The molecule has 2 saturated heterocycles. The molecule has 29 heavy (non-hydrogen) atoms. The molecule has 2 atom stereocenters. The number of hydrogen-bond donors (Lipinski definition) is 0. The van der Waals surface area contributed by atoms with Gasteiger partial charge in [-0.15, -0.1) is 0 Å². The Balaban J connectivity index is 1.71. The number of carbonyl (C=O) groups is 2. The third-order valence-electron chi connectivity index (χ3n) is 5.11. The van der Waals surface area contributed by atoms with Crippen LogP contribution in [0.1, 0.15) is 51.7 Å². The lowest BCUT2D eigenvalue weighted by molar-refractivity contribution is -0.145. The van der Waals surface area contributed by atoms with Crippen molar-refractivity contribution in [2.75, 3.05) is 26.2 Å². The van der Waals surface area contributed by atoms with Gasteiger partial charge in [0.15, 0.2) is 11.6 Å². The number of benzene rings is 1. The van der Waals surface area contributed by atoms with E-state index in [9.17, 15) is 18.4 Å². The highest BCUT2D eigenvalue weighted by Gasteiger charge is 2.38. The molecule has 6 nitrogen and oxygen atoms in total. The topological polar surface area (TPSA) is 59.1 Å². The number of hydrogen-bond acceptors (Lipinski definition) is 4. The Bertz CT molecular complexity index is 766. The van der Waals surface area contributed by atoms with Crippen LogP contribution in [0.25, 0.3) is 0 Å². The Kier molecular flexibility index (Phi) is 6.41. The summed E-state index contributed by atoms with van der Waals surface area (Å²) < 4.78 is 38.0. The summed E-state index contributed by atoms with van der Waals surface area (Å²) in [4.78, 5) is 29.0. The molecule has 1 aromatic rings. The Morgan fingerprint density at radius 2 is 1.90 bits per heavy atom. The molecule has 0 spiro atoms. The summed E-state index contributed by atoms with van der Waals surface area (Å²) in [5.74, 6) is -2.03. The highest BCUT2D eigenvalue weighted by molar-refractivity contribution is 5.86. The molecule has 2 aliphatic rings. The second kappa shape index (κ2) is 8.65. The van der Waals surface area contributed by atoms with Crippen molar-refractivity contribution in [3.05, 3.63) is 35.4 Å². The van der Waals surface area contributed by atoms with E-state index in [1.165, 1.54) is 11.0 Å². The molecular weight excluding hydrogens is 382 g/mol. The lowest BCUT2D eigenvalue weighted by atomic mass is 10.00. The quantitative estimate of drug-likeness (QED) is 0.747. The zero-order valence-corrected chi connectivity index (χ0v) is 17.1. The van der Waals surface area contributed by atoms with Crippen molar-refractivity contribution >= 4 is 12.0 Å². The third kappa shape index (κ3) is 5.23. The molecule has 160 valence electrons. The lowest BCUT2D eigenvalue weighted by Crippen LogP contribution is -2.56. The van der Waals surface area contributed by atoms with Gasteiger partial charge in [-0.1, -0.05) is 6.07 Å². The van der Waals surface area contributed by atoms with E-state index >= 15 is 0 Å². The summed E-state index contributed by atoms with van der Waals surface area (Å²) in [5.41, 5.74) is -0.159. The molecule has 2 amide bonds. The molecule has 0 bridgehead atoms. The van der Waals surface area contributed by atoms with E-state index in [1.54, 1.807) is 25.7 Å². The molecule has 2 heterocycles. The summed E-state index contributed by atoms with van der Waals surface area (Å²) in [6, 6.07) is 3.04. The van der Waals surface area contributed by atoms with Crippen LogP contribution in [-0.2, 0) is 14.3 Å². The van der Waals surface area contributed by atoms with Gasteiger partial charge in [0.1, 0.15) is 17.7 Å². The maximum Gasteiger partial charge on any atom is 0.410 e. The zero-order chi connectivity index (χ0) is 21.2. The molecule has 0 saturated carbocycles. The first-order valence-corrected chi connectivity index (χ1v) is 10.0. The van der Waals surface area contributed by atoms with Gasteiger partial charge in [0.25, 0.3) is 0 Å². The molecule has 3 rings (SSSR count). The van der Waals surface area contributed by atoms with Crippen LogP contribution in [0.15, 0.2) is 18.2 Å². The molecule has 0 aliphatic carbocycles. The lowest BCUT2D eigenvalue weighted by Gasteiger charge is -2.40. The van der Waals surface area contributed by atoms with Gasteiger partial charge >= 0.3 is 6.09 Å². The van der Waals surface area contributed by atoms with Gasteiger partial charge < -0.3 is 14.4 Å². The summed E-state index contributed by atoms with van der Waals surface area (Å²) in [7, 11) is 0. The van der Waals surface area contributed by atoms with Crippen molar-refractivity contribution in [2.45, 2.75) is 57.8 Å². The maximum absolute atomic E-state index is 13.6. The maximum atomic E-state index is 13.6. The minimum absolute atomic E-state index is 0.161. The zero-order valence-electron chi connectivity index (χ0n) is 17.1. The van der Waals surface area contributed by atoms with Crippen LogP contribution in [0.2, 0.25) is 0 Å². The number of carbonyl (C=O) groups excluding carboxylic acids is 2. The minimum Gasteiger partial charge on any atom is -0.444 e. The predicted octanol–water partition coefficient (Wildman–Crippen LogP) is 3.65. The van der Waals surface area contributed by atoms with Gasteiger partial charge in [0.05, 0.1) is 13.2 Å². The van der Waals surface area contributed by atoms with E-state index in [4.69, 9.17) is 9.47 Å². The van der Waals surface area contributed by atoms with Crippen LogP contribution in [0, 0.1) is 11.6 Å². The Hall–Kier alpha value is -2.22. The summed E-state index contributed by atoms with van der Waals surface area (Å²) >= 11 is 0. The van der Waals surface area contributed by atoms with Crippen molar-refractivity contribution in [1.82, 2.24) is 9.80 Å². The molecule has 2 aliphatic heterocycles. The van der Waals surface area contributed by atoms with E-state index in [2.05, 4.69) is 0 Å². The highest BCUT2D eigenvalue weighted by Crippen LogP contribution is 2.27. The monoisotopic (exact) mass is 410 g/mol. The molecule has 2 unspecified atom stereocenters. The van der Waals surface area contributed by atoms with Crippen molar-refractivity contribution in [3.8, 4) is 0 Å². The Labute approximate surface area is 169 Å². The van der Waals surface area contributed by atoms with E-state index in [0.29, 0.717) is 25.1 Å². The molecule has 0 N–H and O–H groups in total. The number of ether oxygens (including phenoxy) is 2. The second-order valence-electron chi connectivity index (χ2n) is 8.50. The minimum atomic E-state index is -0.946. The van der Waals surface area contributed by atoms with Crippen LogP contribution in [0.4, 0.5) is 13.6 Å². The molecule has 8 heteroatoms. The number of amides is 2. The summed E-state index contributed by atoms with van der Waals surface area (Å²) in [6.07, 6.45) is 1.23. The van der Waals surface area contributed by atoms with Gasteiger partial charge in [-0.25, -0.2) is 13.6 Å². The fourth-order valence-corrected chi connectivity index (χ4v) is 3.70. The Morgan fingerprint density at radius 1 is 1.14 bits per heavy atom. The fourth-order valence-electron chi connectivity index (χ4n) is 3.70. The first kappa shape index (κ1) is 21.5. The molecular formula is C21H28F2N2O4. The van der Waals surface area contributed by atoms with Crippen LogP contribution >= 0.6 is 0 Å². The third-order valence-corrected chi connectivity index (χ3v) is 5.11. The van der Waals surface area contributed by atoms with Gasteiger partial charge in [-0.3, -0.25) is 9.69 Å². The smallest absolute Gasteiger partial charge is 0.410 e. The van der Waals surface area contributed by atoms with Crippen LogP contribution in [0.5, 0.6) is 0 Å². The standard InChI is InChI=1S/C21H28F2N2O4/c1-21(2,3)29-20(27)25-9-5-4-6-17(25)19(26)24-10-11-28-18(13-24)14-7-8-15(22)16(23)12-14/h7-8,12,17-18H,4-6,9-11,13H2,1-3H3. The fraction of sp³-hybridized carbons (Fsp3) is 0.619. The van der Waals surface area contributed by atoms with Gasteiger partial charge in [-0.05, 0) is 57.7 Å². The number of rotatable bonds is 2. The summed E-state index contributed by atoms with van der Waals surface area (Å²) in [5, 5.41) is 0. The van der Waals surface area contributed by atoms with Gasteiger partial charge in [0, 0.05) is 13.1 Å². The van der Waals surface area contributed by atoms with Crippen LogP contribution in [0.3, 0.4) is 0 Å². The number of halogens is 2. The molecule has 1 aromatic carbocycles. The number of nitrogens with zero attached hydrogens (tertiary/aromatic N) is 2. The number of morpholine rings is 1.